The Morgan fingerprint density at radius 2 is 0.443 bits per heavy atom. The van der Waals surface area contributed by atoms with Crippen molar-refractivity contribution < 1.29 is 28.6 Å². The van der Waals surface area contributed by atoms with Gasteiger partial charge in [-0.25, -0.2) is 0 Å². The largest absolute Gasteiger partial charge is 0.462 e. The summed E-state index contributed by atoms with van der Waals surface area (Å²) in [6.07, 6.45) is 83.9. The van der Waals surface area contributed by atoms with E-state index in [0.29, 0.717) is 19.3 Å². The highest BCUT2D eigenvalue weighted by atomic mass is 16.6. The molecule has 0 radical (unpaired) electrons. The number of esters is 3. The van der Waals surface area contributed by atoms with Crippen molar-refractivity contribution in [1.82, 2.24) is 0 Å². The molecule has 0 bridgehead atoms. The highest BCUT2D eigenvalue weighted by Crippen LogP contribution is 2.19. The maximum Gasteiger partial charge on any atom is 0.306 e. The van der Waals surface area contributed by atoms with Gasteiger partial charge in [-0.05, 0) is 64.2 Å². The molecule has 0 aromatic rings. The first-order chi connectivity index (χ1) is 39.0. The fourth-order valence-electron chi connectivity index (χ4n) is 11.0. The van der Waals surface area contributed by atoms with Gasteiger partial charge in [-0.15, -0.1) is 0 Å². The minimum absolute atomic E-state index is 0.0709. The zero-order chi connectivity index (χ0) is 57.1. The van der Waals surface area contributed by atoms with Crippen molar-refractivity contribution in [3.05, 3.63) is 24.3 Å². The molecule has 6 heteroatoms. The second-order valence-electron chi connectivity index (χ2n) is 24.5. The molecule has 0 aliphatic heterocycles. The highest BCUT2D eigenvalue weighted by Gasteiger charge is 2.19. The first-order valence-electron chi connectivity index (χ1n) is 35.8. The van der Waals surface area contributed by atoms with Gasteiger partial charge >= 0.3 is 17.9 Å². The van der Waals surface area contributed by atoms with Crippen LogP contribution in [0.2, 0.25) is 0 Å². The standard InChI is InChI=1S/C73H138O6/c1-4-7-10-13-16-19-22-24-26-28-30-31-32-33-34-35-36-37-38-39-40-41-42-43-44-46-47-49-51-54-57-60-63-66-72(75)78-69-70(68-77-71(74)65-62-59-56-53-21-18-15-12-9-6-3)79-73(76)67-64-61-58-55-52-50-48-45-29-27-25-23-20-17-14-11-8-5-2/h12,15,27,29,70H,4-11,13-14,16-26,28,30-69H2,1-3H3/b15-12-,29-27-. The number of hydrogen-bond donors (Lipinski definition) is 0. The van der Waals surface area contributed by atoms with Crippen LogP contribution in [0.5, 0.6) is 0 Å². The molecule has 0 rings (SSSR count). The third-order valence-corrected chi connectivity index (χ3v) is 16.4. The first-order valence-corrected chi connectivity index (χ1v) is 35.8. The molecule has 1 atom stereocenters. The Balaban J connectivity index is 4.03. The minimum Gasteiger partial charge on any atom is -0.462 e. The molecule has 79 heavy (non-hydrogen) atoms. The van der Waals surface area contributed by atoms with Crippen molar-refractivity contribution in [2.75, 3.05) is 13.2 Å². The van der Waals surface area contributed by atoms with Crippen molar-refractivity contribution >= 4 is 17.9 Å². The molecule has 0 fully saturated rings. The molecule has 6 nitrogen and oxygen atoms in total. The predicted molar refractivity (Wildman–Crippen MR) is 344 cm³/mol. The van der Waals surface area contributed by atoms with Crippen LogP contribution in [0.1, 0.15) is 406 Å². The second-order valence-corrected chi connectivity index (χ2v) is 24.5. The average Bonchev–Trinajstić information content (AvgIpc) is 3.45. The van der Waals surface area contributed by atoms with Crippen LogP contribution in [-0.4, -0.2) is 37.2 Å². The lowest BCUT2D eigenvalue weighted by atomic mass is 10.0. The van der Waals surface area contributed by atoms with Gasteiger partial charge in [-0.1, -0.05) is 347 Å². The predicted octanol–water partition coefficient (Wildman–Crippen LogP) is 24.6. The van der Waals surface area contributed by atoms with Gasteiger partial charge in [-0.3, -0.25) is 14.4 Å². The van der Waals surface area contributed by atoms with Crippen LogP contribution in [0.3, 0.4) is 0 Å². The van der Waals surface area contributed by atoms with Gasteiger partial charge < -0.3 is 14.2 Å². The van der Waals surface area contributed by atoms with E-state index < -0.39 is 6.10 Å². The van der Waals surface area contributed by atoms with Gasteiger partial charge in [0.25, 0.3) is 0 Å². The van der Waals surface area contributed by atoms with E-state index in [1.165, 1.54) is 295 Å². The lowest BCUT2D eigenvalue weighted by Gasteiger charge is -2.18. The van der Waals surface area contributed by atoms with Crippen molar-refractivity contribution in [3.8, 4) is 0 Å². The molecule has 0 heterocycles. The molecule has 0 saturated carbocycles. The quantitative estimate of drug-likeness (QED) is 0.0261. The number of carbonyl (C=O) groups excluding carboxylic acids is 3. The van der Waals surface area contributed by atoms with Gasteiger partial charge in [0, 0.05) is 19.3 Å². The van der Waals surface area contributed by atoms with Crippen LogP contribution in [-0.2, 0) is 28.6 Å². The Bertz CT molecular complexity index is 1270. The molecule has 0 aromatic heterocycles. The summed E-state index contributed by atoms with van der Waals surface area (Å²) in [4.78, 5) is 38.3. The maximum absolute atomic E-state index is 12.9. The summed E-state index contributed by atoms with van der Waals surface area (Å²) in [7, 11) is 0. The smallest absolute Gasteiger partial charge is 0.306 e. The van der Waals surface area contributed by atoms with Crippen molar-refractivity contribution in [2.45, 2.75) is 412 Å². The molecule has 1 unspecified atom stereocenters. The number of hydrogen-bond acceptors (Lipinski definition) is 6. The number of rotatable bonds is 67. The van der Waals surface area contributed by atoms with Crippen LogP contribution in [0, 0.1) is 0 Å². The third-order valence-electron chi connectivity index (χ3n) is 16.4. The van der Waals surface area contributed by atoms with Crippen molar-refractivity contribution in [3.63, 3.8) is 0 Å². The fourth-order valence-corrected chi connectivity index (χ4v) is 11.0. The van der Waals surface area contributed by atoms with Gasteiger partial charge in [0.2, 0.25) is 0 Å². The number of carbonyl (C=O) groups is 3. The summed E-state index contributed by atoms with van der Waals surface area (Å²) in [6, 6.07) is 0. The average molecular weight is 1110 g/mol. The number of ether oxygens (including phenoxy) is 3. The Morgan fingerprint density at radius 3 is 0.684 bits per heavy atom. The minimum atomic E-state index is -0.774. The van der Waals surface area contributed by atoms with Gasteiger partial charge in [0.1, 0.15) is 13.2 Å². The van der Waals surface area contributed by atoms with E-state index in [1.54, 1.807) is 0 Å². The van der Waals surface area contributed by atoms with Crippen molar-refractivity contribution in [2.24, 2.45) is 0 Å². The number of unbranched alkanes of at least 4 members (excludes halogenated alkanes) is 52. The molecular formula is C73H138O6. The summed E-state index contributed by atoms with van der Waals surface area (Å²) in [5.74, 6) is -0.860. The normalized spacial score (nSPS) is 12.1. The summed E-state index contributed by atoms with van der Waals surface area (Å²) >= 11 is 0. The molecule has 0 N–H and O–H groups in total. The van der Waals surface area contributed by atoms with Crippen molar-refractivity contribution in [1.29, 1.82) is 0 Å². The highest BCUT2D eigenvalue weighted by molar-refractivity contribution is 5.71. The van der Waals surface area contributed by atoms with E-state index in [4.69, 9.17) is 14.2 Å². The summed E-state index contributed by atoms with van der Waals surface area (Å²) in [6.45, 7) is 6.64. The Morgan fingerprint density at radius 1 is 0.241 bits per heavy atom. The maximum atomic E-state index is 12.9. The van der Waals surface area contributed by atoms with E-state index in [1.807, 2.05) is 0 Å². The zero-order valence-corrected chi connectivity index (χ0v) is 53.7. The molecule has 466 valence electrons. The van der Waals surface area contributed by atoms with E-state index in [9.17, 15) is 14.4 Å². The van der Waals surface area contributed by atoms with Gasteiger partial charge in [0.05, 0.1) is 0 Å². The van der Waals surface area contributed by atoms with Crippen LogP contribution < -0.4 is 0 Å². The Labute approximate surface area is 493 Å². The van der Waals surface area contributed by atoms with Crippen LogP contribution in [0.25, 0.3) is 0 Å². The summed E-state index contributed by atoms with van der Waals surface area (Å²) in [5.41, 5.74) is 0. The van der Waals surface area contributed by atoms with Gasteiger partial charge in [0.15, 0.2) is 6.10 Å². The molecule has 0 aliphatic rings. The molecular weight excluding hydrogens is 973 g/mol. The SMILES string of the molecule is CCC/C=C\CCCCCCCC(=O)OCC(COC(=O)CCCCCCCCCCCCCCCCCCCCCCCCCCCCCCCCCCC)OC(=O)CCCCCCCCC/C=C\CCCCCCCCC. The fraction of sp³-hybridized carbons (Fsp3) is 0.904. The van der Waals surface area contributed by atoms with E-state index in [-0.39, 0.29) is 31.1 Å². The van der Waals surface area contributed by atoms with Crippen LogP contribution in [0.15, 0.2) is 24.3 Å². The monoisotopic (exact) mass is 1110 g/mol. The number of allylic oxidation sites excluding steroid dienone is 4. The molecule has 0 spiro atoms. The summed E-state index contributed by atoms with van der Waals surface area (Å²) < 4.78 is 16.9. The zero-order valence-electron chi connectivity index (χ0n) is 53.7. The molecule has 0 saturated heterocycles. The van der Waals surface area contributed by atoms with E-state index in [2.05, 4.69) is 45.1 Å². The molecule has 0 amide bonds. The van der Waals surface area contributed by atoms with Crippen LogP contribution >= 0.6 is 0 Å². The van der Waals surface area contributed by atoms with E-state index in [0.717, 1.165) is 70.6 Å². The Kier molecular flexibility index (Phi) is 66.6. The molecule has 0 aromatic carbocycles. The van der Waals surface area contributed by atoms with Crippen LogP contribution in [0.4, 0.5) is 0 Å². The lowest BCUT2D eigenvalue weighted by Crippen LogP contribution is -2.30. The van der Waals surface area contributed by atoms with Gasteiger partial charge in [-0.2, -0.15) is 0 Å². The lowest BCUT2D eigenvalue weighted by molar-refractivity contribution is -0.167. The summed E-state index contributed by atoms with van der Waals surface area (Å²) in [5, 5.41) is 0. The van der Waals surface area contributed by atoms with E-state index >= 15 is 0 Å². The second kappa shape index (κ2) is 68.4. The Hall–Kier alpha value is -2.11. The third kappa shape index (κ3) is 66.6. The topological polar surface area (TPSA) is 78.9 Å². The first kappa shape index (κ1) is 76.9. The molecule has 0 aliphatic carbocycles.